The Kier molecular flexibility index (Phi) is 10.8. The van der Waals surface area contributed by atoms with Gasteiger partial charge in [0.15, 0.2) is 11.6 Å². The summed E-state index contributed by atoms with van der Waals surface area (Å²) in [5.74, 6) is 3.45. The quantitative estimate of drug-likeness (QED) is 0.844. The van der Waals surface area contributed by atoms with Gasteiger partial charge in [-0.25, -0.2) is 0 Å². The van der Waals surface area contributed by atoms with E-state index in [0.717, 1.165) is 50.1 Å². The zero-order valence-electron chi connectivity index (χ0n) is 17.9. The molecule has 0 aromatic carbocycles. The van der Waals surface area contributed by atoms with Gasteiger partial charge in [0.05, 0.1) is 12.0 Å². The van der Waals surface area contributed by atoms with Gasteiger partial charge in [-0.05, 0) is 53.2 Å². The summed E-state index contributed by atoms with van der Waals surface area (Å²) >= 11 is 0. The summed E-state index contributed by atoms with van der Waals surface area (Å²) in [6.07, 6.45) is 3.45. The second-order valence-corrected chi connectivity index (χ2v) is 6.26. The largest absolute Gasteiger partial charge is 0.339 e. The molecule has 2 atom stereocenters. The van der Waals surface area contributed by atoms with Gasteiger partial charge in [-0.15, -0.1) is 0 Å². The molecule has 4 rings (SSSR count). The molecule has 0 amide bonds. The van der Waals surface area contributed by atoms with E-state index >= 15 is 0 Å². The maximum absolute atomic E-state index is 5.11. The molecular weight excluding hydrogens is 344 g/mol. The minimum atomic E-state index is 0.302. The molecule has 2 unspecified atom stereocenters. The number of rotatable bonds is 2. The van der Waals surface area contributed by atoms with E-state index in [2.05, 4.69) is 37.5 Å². The first-order valence-corrected chi connectivity index (χ1v) is 10.1. The molecule has 0 bridgehead atoms. The highest BCUT2D eigenvalue weighted by molar-refractivity contribution is 4.97. The summed E-state index contributed by atoms with van der Waals surface area (Å²) in [6.45, 7) is 14.9. The van der Waals surface area contributed by atoms with E-state index < -0.39 is 0 Å². The van der Waals surface area contributed by atoms with Crippen LogP contribution in [0.15, 0.2) is 9.05 Å². The maximum atomic E-state index is 5.11. The molecule has 0 radical (unpaired) electrons. The van der Waals surface area contributed by atoms with Gasteiger partial charge in [-0.1, -0.05) is 38.0 Å². The molecule has 2 fully saturated rings. The average Bonchev–Trinajstić information content (AvgIpc) is 3.46. The predicted octanol–water partition coefficient (Wildman–Crippen LogP) is 3.65. The number of nitrogens with one attached hydrogen (secondary N) is 1. The number of aryl methyl sites for hydroxylation is 2. The first kappa shape index (κ1) is 23.2. The lowest BCUT2D eigenvalue weighted by Gasteiger charge is -2.04. The van der Waals surface area contributed by atoms with Crippen molar-refractivity contribution in [2.24, 2.45) is 0 Å². The number of hydrogen-bond acceptors (Lipinski definition) is 8. The van der Waals surface area contributed by atoms with E-state index in [0.29, 0.717) is 17.8 Å². The van der Waals surface area contributed by atoms with Crippen molar-refractivity contribution in [2.75, 3.05) is 26.7 Å². The average molecular weight is 381 g/mol. The molecule has 2 aromatic rings. The Morgan fingerprint density at radius 2 is 1.52 bits per heavy atom. The summed E-state index contributed by atoms with van der Waals surface area (Å²) in [5.41, 5.74) is 0. The van der Waals surface area contributed by atoms with E-state index in [-0.39, 0.29) is 0 Å². The normalized spacial score (nSPS) is 21.4. The van der Waals surface area contributed by atoms with Crippen LogP contribution in [0.1, 0.15) is 82.3 Å². The van der Waals surface area contributed by atoms with Crippen LogP contribution >= 0.6 is 0 Å². The van der Waals surface area contributed by atoms with Gasteiger partial charge < -0.3 is 19.3 Å². The van der Waals surface area contributed by atoms with Crippen LogP contribution < -0.4 is 5.32 Å². The third kappa shape index (κ3) is 7.38. The molecule has 8 nitrogen and oxygen atoms in total. The molecule has 1 N–H and O–H groups in total. The first-order chi connectivity index (χ1) is 13.1. The monoisotopic (exact) mass is 380 g/mol. The van der Waals surface area contributed by atoms with Crippen molar-refractivity contribution in [3.05, 3.63) is 23.4 Å². The van der Waals surface area contributed by atoms with Crippen LogP contribution in [0.5, 0.6) is 0 Å². The lowest BCUT2D eigenvalue weighted by Crippen LogP contribution is -2.13. The Labute approximate surface area is 163 Å². The van der Waals surface area contributed by atoms with Crippen molar-refractivity contribution in [2.45, 2.75) is 72.8 Å². The number of aromatic nitrogens is 4. The van der Waals surface area contributed by atoms with E-state index in [4.69, 9.17) is 9.05 Å². The van der Waals surface area contributed by atoms with Gasteiger partial charge in [0.2, 0.25) is 11.8 Å². The zero-order valence-corrected chi connectivity index (χ0v) is 17.9. The van der Waals surface area contributed by atoms with E-state index in [9.17, 15) is 0 Å². The van der Waals surface area contributed by atoms with Gasteiger partial charge in [-0.3, -0.25) is 0 Å². The van der Waals surface area contributed by atoms with E-state index in [1.807, 2.05) is 41.5 Å². The Balaban J connectivity index is 0.000000229. The molecule has 4 heterocycles. The third-order valence-corrected chi connectivity index (χ3v) is 4.19. The molecular formula is C19H36N6O2. The molecule has 0 saturated carbocycles. The van der Waals surface area contributed by atoms with E-state index in [1.54, 1.807) is 0 Å². The van der Waals surface area contributed by atoms with Crippen LogP contribution in [0.3, 0.4) is 0 Å². The lowest BCUT2D eigenvalue weighted by molar-refractivity contribution is 0.342. The first-order valence-electron chi connectivity index (χ1n) is 10.1. The molecule has 2 saturated heterocycles. The third-order valence-electron chi connectivity index (χ3n) is 4.19. The van der Waals surface area contributed by atoms with Crippen LogP contribution in [0.25, 0.3) is 0 Å². The fraction of sp³-hybridized carbons (Fsp3) is 0.789. The van der Waals surface area contributed by atoms with Crippen LogP contribution in [0.2, 0.25) is 0 Å². The Morgan fingerprint density at radius 3 is 1.93 bits per heavy atom. The van der Waals surface area contributed by atoms with Crippen LogP contribution in [-0.4, -0.2) is 51.9 Å². The second kappa shape index (κ2) is 12.6. The topological polar surface area (TPSA) is 93.1 Å². The number of likely N-dealkylation sites (tertiary alicyclic amines) is 1. The summed E-state index contributed by atoms with van der Waals surface area (Å²) < 4.78 is 10.1. The maximum Gasteiger partial charge on any atom is 0.243 e. The van der Waals surface area contributed by atoms with Gasteiger partial charge in [0.1, 0.15) is 0 Å². The molecule has 0 aliphatic carbocycles. The zero-order chi connectivity index (χ0) is 20.2. The van der Waals surface area contributed by atoms with Crippen molar-refractivity contribution in [3.8, 4) is 0 Å². The summed E-state index contributed by atoms with van der Waals surface area (Å²) in [5, 5.41) is 10.8. The van der Waals surface area contributed by atoms with Gasteiger partial charge in [0, 0.05) is 6.54 Å². The lowest BCUT2D eigenvalue weighted by atomic mass is 10.1. The summed E-state index contributed by atoms with van der Waals surface area (Å²) in [4.78, 5) is 10.7. The molecule has 2 aromatic heterocycles. The number of hydrogen-bond donors (Lipinski definition) is 1. The van der Waals surface area contributed by atoms with Crippen molar-refractivity contribution in [1.29, 1.82) is 0 Å². The Morgan fingerprint density at radius 1 is 0.926 bits per heavy atom. The highest BCUT2D eigenvalue weighted by Crippen LogP contribution is 2.24. The van der Waals surface area contributed by atoms with Crippen molar-refractivity contribution >= 4 is 0 Å². The number of nitrogens with zero attached hydrogens (tertiary/aromatic N) is 5. The fourth-order valence-corrected chi connectivity index (χ4v) is 2.97. The summed E-state index contributed by atoms with van der Waals surface area (Å²) in [6, 6.07) is 0.302. The van der Waals surface area contributed by atoms with Crippen LogP contribution in [0.4, 0.5) is 0 Å². The van der Waals surface area contributed by atoms with Crippen molar-refractivity contribution in [1.82, 2.24) is 30.5 Å². The van der Waals surface area contributed by atoms with Crippen molar-refractivity contribution in [3.63, 3.8) is 0 Å². The molecule has 154 valence electrons. The standard InChI is InChI=1S/C8H13N3O.C7H11N3O.2C2H6/c1-6-9-8(12-10-6)7-3-4-11(2)5-7;1-5-9-7(11-10-5)6-3-2-4-8-6;2*1-2/h7H,3-5H2,1-2H3;6,8H,2-4H2,1H3;2*1-2H3. The van der Waals surface area contributed by atoms with Crippen LogP contribution in [0, 0.1) is 13.8 Å². The second-order valence-electron chi connectivity index (χ2n) is 6.26. The molecule has 8 heteroatoms. The minimum Gasteiger partial charge on any atom is -0.339 e. The SMILES string of the molecule is CC.CC.Cc1noc(C2CCCN2)n1.Cc1noc(C2CCN(C)C2)n1. The minimum absolute atomic E-state index is 0.302. The molecule has 2 aliphatic rings. The van der Waals surface area contributed by atoms with Gasteiger partial charge in [0.25, 0.3) is 0 Å². The number of likely N-dealkylation sites (N-methyl/N-ethyl adjacent to an activating group) is 1. The highest BCUT2D eigenvalue weighted by Gasteiger charge is 2.25. The molecule has 0 spiro atoms. The Hall–Kier alpha value is -1.80. The predicted molar refractivity (Wildman–Crippen MR) is 106 cm³/mol. The van der Waals surface area contributed by atoms with Crippen molar-refractivity contribution < 1.29 is 9.05 Å². The fourth-order valence-electron chi connectivity index (χ4n) is 2.97. The highest BCUT2D eigenvalue weighted by atomic mass is 16.5. The molecule has 2 aliphatic heterocycles. The molecule has 27 heavy (non-hydrogen) atoms. The van der Waals surface area contributed by atoms with Crippen LogP contribution in [-0.2, 0) is 0 Å². The van der Waals surface area contributed by atoms with E-state index in [1.165, 1.54) is 6.42 Å². The van der Waals surface area contributed by atoms with Gasteiger partial charge >= 0.3 is 0 Å². The Bertz CT molecular complexity index is 621. The van der Waals surface area contributed by atoms with Gasteiger partial charge in [-0.2, -0.15) is 9.97 Å². The smallest absolute Gasteiger partial charge is 0.243 e. The summed E-state index contributed by atoms with van der Waals surface area (Å²) in [7, 11) is 2.11.